The van der Waals surface area contributed by atoms with Crippen LogP contribution in [0, 0.1) is 0 Å². The van der Waals surface area contributed by atoms with Gasteiger partial charge in [-0.3, -0.25) is 4.79 Å². The normalized spacial score (nSPS) is 18.4. The van der Waals surface area contributed by atoms with Gasteiger partial charge in [-0.2, -0.15) is 8.78 Å². The van der Waals surface area contributed by atoms with Gasteiger partial charge < -0.3 is 19.3 Å². The quantitative estimate of drug-likeness (QED) is 0.521. The lowest BCUT2D eigenvalue weighted by atomic mass is 9.98. The van der Waals surface area contributed by atoms with Crippen molar-refractivity contribution in [2.75, 3.05) is 32.8 Å². The van der Waals surface area contributed by atoms with E-state index in [1.54, 1.807) is 9.21 Å². The molecule has 2 unspecified atom stereocenters. The van der Waals surface area contributed by atoms with Crippen molar-refractivity contribution >= 4 is 17.3 Å². The number of amides is 1. The molecule has 2 aromatic carbocycles. The number of carbonyl (C=O) groups excluding carboxylic acids is 1. The summed E-state index contributed by atoms with van der Waals surface area (Å²) in [6.45, 7) is -1.32. The zero-order valence-corrected chi connectivity index (χ0v) is 17.4. The molecule has 164 valence electrons. The summed E-state index contributed by atoms with van der Waals surface area (Å²) in [7, 11) is 0. The third-order valence-electron chi connectivity index (χ3n) is 5.48. The number of halogens is 2. The first-order chi connectivity index (χ1) is 15.0. The molecule has 0 radical (unpaired) electrons. The van der Waals surface area contributed by atoms with Crippen LogP contribution < -0.4 is 4.74 Å². The van der Waals surface area contributed by atoms with Gasteiger partial charge in [-0.05, 0) is 41.0 Å². The second kappa shape index (κ2) is 9.35. The highest BCUT2D eigenvalue weighted by atomic mass is 32.2. The highest BCUT2D eigenvalue weighted by Gasteiger charge is 2.39. The third-order valence-corrected chi connectivity index (χ3v) is 6.88. The van der Waals surface area contributed by atoms with E-state index in [4.69, 9.17) is 0 Å². The third kappa shape index (κ3) is 4.74. The van der Waals surface area contributed by atoms with Gasteiger partial charge in [0.1, 0.15) is 5.75 Å². The lowest BCUT2D eigenvalue weighted by Crippen LogP contribution is -2.39. The van der Waals surface area contributed by atoms with Crippen molar-refractivity contribution in [1.82, 2.24) is 9.21 Å². The predicted octanol–water partition coefficient (Wildman–Crippen LogP) is 2.54. The van der Waals surface area contributed by atoms with E-state index in [0.29, 0.717) is 31.1 Å². The van der Waals surface area contributed by atoms with Crippen LogP contribution in [0.4, 0.5) is 8.78 Å². The molecule has 1 amide bonds. The summed E-state index contributed by atoms with van der Waals surface area (Å²) < 4.78 is 43.5. The first-order valence-corrected chi connectivity index (χ1v) is 10.9. The van der Waals surface area contributed by atoms with Crippen LogP contribution >= 0.6 is 0 Å². The summed E-state index contributed by atoms with van der Waals surface area (Å²) in [4.78, 5) is 15.2. The Morgan fingerprint density at radius 1 is 1.03 bits per heavy atom. The SMILES string of the molecule is O=C(C(CO)c1ccccc1)N1CC2=C(C1)CN([S+]([O-])c1ccc(OC(F)F)cc1)C2. The van der Waals surface area contributed by atoms with Gasteiger partial charge in [-0.15, -0.1) is 4.31 Å². The average molecular weight is 448 g/mol. The highest BCUT2D eigenvalue weighted by molar-refractivity contribution is 7.89. The molecule has 4 rings (SSSR count). The second-order valence-electron chi connectivity index (χ2n) is 7.44. The van der Waals surface area contributed by atoms with E-state index in [1.807, 2.05) is 30.3 Å². The summed E-state index contributed by atoms with van der Waals surface area (Å²) in [5.74, 6) is -0.699. The fourth-order valence-electron chi connectivity index (χ4n) is 3.94. The molecule has 0 aromatic heterocycles. The Morgan fingerprint density at radius 2 is 1.65 bits per heavy atom. The average Bonchev–Trinajstić information content (AvgIpc) is 3.34. The molecule has 1 N–H and O–H groups in total. The van der Waals surface area contributed by atoms with Gasteiger partial charge >= 0.3 is 6.61 Å². The van der Waals surface area contributed by atoms with E-state index in [0.717, 1.165) is 16.7 Å². The molecule has 0 saturated carbocycles. The molecular weight excluding hydrogens is 426 g/mol. The van der Waals surface area contributed by atoms with E-state index in [9.17, 15) is 23.2 Å². The highest BCUT2D eigenvalue weighted by Crippen LogP contribution is 2.32. The number of aliphatic hydroxyl groups is 1. The molecule has 2 aromatic rings. The van der Waals surface area contributed by atoms with Crippen LogP contribution in [0.25, 0.3) is 0 Å². The first-order valence-electron chi connectivity index (χ1n) is 9.82. The Balaban J connectivity index is 1.35. The predicted molar refractivity (Wildman–Crippen MR) is 111 cm³/mol. The van der Waals surface area contributed by atoms with Crippen LogP contribution in [0.2, 0.25) is 0 Å². The molecule has 6 nitrogen and oxygen atoms in total. The van der Waals surface area contributed by atoms with Crippen LogP contribution in [0.1, 0.15) is 11.5 Å². The molecule has 2 aliphatic rings. The molecule has 2 atom stereocenters. The topological polar surface area (TPSA) is 76.1 Å². The minimum absolute atomic E-state index is 0.0174. The molecule has 0 aliphatic carbocycles. The number of alkyl halides is 2. The smallest absolute Gasteiger partial charge is 0.387 e. The van der Waals surface area contributed by atoms with Crippen LogP contribution in [0.5, 0.6) is 5.75 Å². The Labute approximate surface area is 182 Å². The fourth-order valence-corrected chi connectivity index (χ4v) is 5.15. The summed E-state index contributed by atoms with van der Waals surface area (Å²) in [6, 6.07) is 15.0. The molecule has 0 fully saturated rings. The monoisotopic (exact) mass is 448 g/mol. The fraction of sp³-hybridized carbons (Fsp3) is 0.318. The standard InChI is InChI=1S/C22H22F2N2O4S/c23-22(24)30-18-6-8-19(9-7-18)31(29)26-12-16-10-25(11-17(16)13-26)21(28)20(14-27)15-4-2-1-3-5-15/h1-9,20,22,27H,10-14H2. The maximum Gasteiger partial charge on any atom is 0.387 e. The number of ether oxygens (including phenoxy) is 1. The summed E-state index contributed by atoms with van der Waals surface area (Å²) >= 11 is -1.45. The maximum absolute atomic E-state index is 13.0. The molecular formula is C22H22F2N2O4S. The molecule has 2 aliphatic heterocycles. The summed E-state index contributed by atoms with van der Waals surface area (Å²) in [5, 5.41) is 9.76. The van der Waals surface area contributed by atoms with Crippen molar-refractivity contribution in [3.05, 3.63) is 71.3 Å². The van der Waals surface area contributed by atoms with Gasteiger partial charge in [0.05, 0.1) is 37.0 Å². The Kier molecular flexibility index (Phi) is 6.57. The number of aliphatic hydroxyl groups excluding tert-OH is 1. The van der Waals surface area contributed by atoms with Crippen LogP contribution in [0.3, 0.4) is 0 Å². The van der Waals surface area contributed by atoms with E-state index >= 15 is 0 Å². The Morgan fingerprint density at radius 3 is 2.19 bits per heavy atom. The minimum atomic E-state index is -2.90. The second-order valence-corrected chi connectivity index (χ2v) is 8.93. The number of carbonyl (C=O) groups is 1. The molecule has 0 saturated heterocycles. The first kappa shape index (κ1) is 21.8. The van der Waals surface area contributed by atoms with Gasteiger partial charge in [0.25, 0.3) is 0 Å². The molecule has 9 heteroatoms. The van der Waals surface area contributed by atoms with Crippen molar-refractivity contribution < 1.29 is 28.0 Å². The van der Waals surface area contributed by atoms with Crippen molar-refractivity contribution in [3.63, 3.8) is 0 Å². The van der Waals surface area contributed by atoms with Crippen molar-refractivity contribution in [2.24, 2.45) is 0 Å². The number of hydrogen-bond acceptors (Lipinski definition) is 5. The molecule has 31 heavy (non-hydrogen) atoms. The van der Waals surface area contributed by atoms with Gasteiger partial charge in [-0.1, -0.05) is 30.3 Å². The Bertz CT molecular complexity index is 938. The largest absolute Gasteiger partial charge is 0.593 e. The number of nitrogens with zero attached hydrogens (tertiary/aromatic N) is 2. The van der Waals surface area contributed by atoms with Gasteiger partial charge in [-0.25, -0.2) is 0 Å². The van der Waals surface area contributed by atoms with Gasteiger partial charge in [0.15, 0.2) is 4.90 Å². The van der Waals surface area contributed by atoms with Crippen LogP contribution in [0.15, 0.2) is 70.6 Å². The van der Waals surface area contributed by atoms with Crippen molar-refractivity contribution in [3.8, 4) is 5.75 Å². The molecule has 0 spiro atoms. The van der Waals surface area contributed by atoms with E-state index < -0.39 is 23.9 Å². The number of hydrogen-bond donors (Lipinski definition) is 1. The van der Waals surface area contributed by atoms with E-state index in [1.165, 1.54) is 24.3 Å². The van der Waals surface area contributed by atoms with Crippen LogP contribution in [-0.2, 0) is 16.2 Å². The molecule has 0 bridgehead atoms. The van der Waals surface area contributed by atoms with Gasteiger partial charge in [0, 0.05) is 13.1 Å². The Hall–Kier alpha value is -2.46. The lowest BCUT2D eigenvalue weighted by molar-refractivity contribution is -0.132. The van der Waals surface area contributed by atoms with E-state index in [2.05, 4.69) is 4.74 Å². The number of benzene rings is 2. The van der Waals surface area contributed by atoms with Crippen molar-refractivity contribution in [2.45, 2.75) is 17.4 Å². The summed E-state index contributed by atoms with van der Waals surface area (Å²) in [5.41, 5.74) is 2.90. The summed E-state index contributed by atoms with van der Waals surface area (Å²) in [6.07, 6.45) is 0. The van der Waals surface area contributed by atoms with E-state index in [-0.39, 0.29) is 18.3 Å². The van der Waals surface area contributed by atoms with Crippen molar-refractivity contribution in [1.29, 1.82) is 0 Å². The zero-order valence-electron chi connectivity index (χ0n) is 16.6. The van der Waals surface area contributed by atoms with Crippen LogP contribution in [-0.4, -0.2) is 64.2 Å². The molecule has 2 heterocycles. The zero-order chi connectivity index (χ0) is 22.0. The number of rotatable bonds is 7. The lowest BCUT2D eigenvalue weighted by Gasteiger charge is -2.26. The van der Waals surface area contributed by atoms with Gasteiger partial charge in [0.2, 0.25) is 5.91 Å². The minimum Gasteiger partial charge on any atom is -0.593 e. The maximum atomic E-state index is 13.0.